The van der Waals surface area contributed by atoms with Gasteiger partial charge in [0.15, 0.2) is 5.82 Å². The van der Waals surface area contributed by atoms with Crippen LogP contribution >= 0.6 is 0 Å². The van der Waals surface area contributed by atoms with Crippen LogP contribution in [0, 0.1) is 11.8 Å². The highest BCUT2D eigenvalue weighted by molar-refractivity contribution is 5.89. The number of nitrogens with zero attached hydrogens (tertiary/aromatic N) is 3. The van der Waals surface area contributed by atoms with Crippen molar-refractivity contribution in [3.8, 4) is 22.9 Å². The maximum absolute atomic E-state index is 11.3. The molecule has 188 valence electrons. The fourth-order valence-corrected chi connectivity index (χ4v) is 4.46. The Labute approximate surface area is 211 Å². The molecule has 1 saturated heterocycles. The molecular formula is C28H32N4O4. The molecule has 0 unspecified atom stereocenters. The Morgan fingerprint density at radius 1 is 1.06 bits per heavy atom. The third-order valence-electron chi connectivity index (χ3n) is 6.84. The molecule has 1 saturated carbocycles. The summed E-state index contributed by atoms with van der Waals surface area (Å²) >= 11 is 0. The smallest absolute Gasteiger partial charge is 0.335 e. The molecule has 8 heteroatoms. The van der Waals surface area contributed by atoms with Crippen molar-refractivity contribution in [1.29, 1.82) is 0 Å². The summed E-state index contributed by atoms with van der Waals surface area (Å²) in [5, 5.41) is 12.9. The number of aromatic carboxylic acids is 1. The number of piperidine rings is 1. The number of carboxylic acid groups (broad SMARTS) is 1. The Balaban J connectivity index is 1.16. The van der Waals surface area contributed by atoms with Gasteiger partial charge >= 0.3 is 5.97 Å². The van der Waals surface area contributed by atoms with E-state index in [1.165, 1.54) is 12.8 Å². The first-order valence-corrected chi connectivity index (χ1v) is 12.5. The Morgan fingerprint density at radius 2 is 1.86 bits per heavy atom. The monoisotopic (exact) mass is 488 g/mol. The van der Waals surface area contributed by atoms with E-state index in [-0.39, 0.29) is 5.56 Å². The van der Waals surface area contributed by atoms with Crippen LogP contribution in [0.2, 0.25) is 0 Å². The van der Waals surface area contributed by atoms with Crippen molar-refractivity contribution in [1.82, 2.24) is 9.97 Å². The molecular weight excluding hydrogens is 456 g/mol. The summed E-state index contributed by atoms with van der Waals surface area (Å²) in [6, 6.07) is 14.7. The predicted molar refractivity (Wildman–Crippen MR) is 139 cm³/mol. The summed E-state index contributed by atoms with van der Waals surface area (Å²) in [5.74, 6) is 3.37. The van der Waals surface area contributed by atoms with Crippen molar-refractivity contribution in [2.75, 3.05) is 43.6 Å². The molecule has 0 spiro atoms. The lowest BCUT2D eigenvalue weighted by Gasteiger charge is -2.33. The molecule has 0 atom stereocenters. The Bertz CT molecular complexity index is 1210. The van der Waals surface area contributed by atoms with Gasteiger partial charge in [-0.1, -0.05) is 12.1 Å². The maximum atomic E-state index is 11.3. The normalized spacial score (nSPS) is 16.0. The molecule has 8 nitrogen and oxygen atoms in total. The van der Waals surface area contributed by atoms with Crippen LogP contribution in [-0.4, -0.2) is 54.4 Å². The second-order valence-corrected chi connectivity index (χ2v) is 9.59. The third-order valence-corrected chi connectivity index (χ3v) is 6.84. The van der Waals surface area contributed by atoms with Gasteiger partial charge in [0.1, 0.15) is 17.3 Å². The summed E-state index contributed by atoms with van der Waals surface area (Å²) in [6.07, 6.45) is 6.38. The van der Waals surface area contributed by atoms with Crippen molar-refractivity contribution in [3.05, 3.63) is 60.3 Å². The van der Waals surface area contributed by atoms with E-state index in [0.29, 0.717) is 23.2 Å². The molecule has 2 fully saturated rings. The van der Waals surface area contributed by atoms with Crippen LogP contribution in [0.1, 0.15) is 36.0 Å². The highest BCUT2D eigenvalue weighted by Crippen LogP contribution is 2.32. The van der Waals surface area contributed by atoms with Crippen molar-refractivity contribution in [2.24, 2.45) is 11.8 Å². The second kappa shape index (κ2) is 10.8. The number of anilines is 2. The van der Waals surface area contributed by atoms with E-state index in [9.17, 15) is 9.90 Å². The van der Waals surface area contributed by atoms with Crippen LogP contribution in [0.15, 0.2) is 54.7 Å². The third kappa shape index (κ3) is 6.05. The Kier molecular flexibility index (Phi) is 7.21. The first kappa shape index (κ1) is 23.9. The molecule has 5 rings (SSSR count). The summed E-state index contributed by atoms with van der Waals surface area (Å²) in [6.45, 7) is 3.48. The number of nitrogens with one attached hydrogen (secondary N) is 1. The Hall–Kier alpha value is -3.81. The first-order chi connectivity index (χ1) is 17.6. The molecule has 0 bridgehead atoms. The molecule has 0 radical (unpaired) electrons. The van der Waals surface area contributed by atoms with Crippen molar-refractivity contribution >= 4 is 17.5 Å². The number of rotatable bonds is 10. The van der Waals surface area contributed by atoms with Gasteiger partial charge in [-0.2, -0.15) is 0 Å². The minimum Gasteiger partial charge on any atom is -0.497 e. The van der Waals surface area contributed by atoms with Gasteiger partial charge in [0, 0.05) is 55.3 Å². The lowest BCUT2D eigenvalue weighted by molar-refractivity contribution is 0.0697. The van der Waals surface area contributed by atoms with Crippen LogP contribution in [0.5, 0.6) is 11.5 Å². The number of hydrogen-bond acceptors (Lipinski definition) is 7. The van der Waals surface area contributed by atoms with E-state index in [1.54, 1.807) is 31.5 Å². The van der Waals surface area contributed by atoms with E-state index in [1.807, 2.05) is 24.3 Å². The van der Waals surface area contributed by atoms with Gasteiger partial charge in [0.2, 0.25) is 0 Å². The standard InChI is InChI=1S/C28H32N4O4/c1-35-24-14-23(15-25(16-24)36-18-20-5-6-20)30-17-19-8-11-32(12-9-19)26-7-10-29-27(31-26)21-3-2-4-22(13-21)28(33)34/h2-4,7,10,13-16,19-20,30H,5-6,8-9,11-12,17-18H2,1H3,(H,33,34). The number of methoxy groups -OCH3 is 1. The molecule has 1 aliphatic heterocycles. The summed E-state index contributed by atoms with van der Waals surface area (Å²) < 4.78 is 11.4. The minimum atomic E-state index is -0.959. The summed E-state index contributed by atoms with van der Waals surface area (Å²) in [4.78, 5) is 22.7. The van der Waals surface area contributed by atoms with E-state index in [2.05, 4.69) is 21.3 Å². The van der Waals surface area contributed by atoms with Crippen LogP contribution < -0.4 is 19.7 Å². The first-order valence-electron chi connectivity index (χ1n) is 12.5. The van der Waals surface area contributed by atoms with Gasteiger partial charge in [-0.3, -0.25) is 0 Å². The van der Waals surface area contributed by atoms with Crippen LogP contribution in [-0.2, 0) is 0 Å². The van der Waals surface area contributed by atoms with Crippen molar-refractivity contribution in [2.45, 2.75) is 25.7 Å². The fraction of sp³-hybridized carbons (Fsp3) is 0.393. The van der Waals surface area contributed by atoms with E-state index >= 15 is 0 Å². The Morgan fingerprint density at radius 3 is 2.61 bits per heavy atom. The van der Waals surface area contributed by atoms with Gasteiger partial charge in [-0.25, -0.2) is 14.8 Å². The van der Waals surface area contributed by atoms with E-state index in [0.717, 1.165) is 62.1 Å². The topological polar surface area (TPSA) is 96.8 Å². The molecule has 3 aromatic rings. The van der Waals surface area contributed by atoms with Crippen LogP contribution in [0.3, 0.4) is 0 Å². The fourth-order valence-electron chi connectivity index (χ4n) is 4.46. The molecule has 36 heavy (non-hydrogen) atoms. The number of aromatic nitrogens is 2. The number of carboxylic acids is 1. The SMILES string of the molecule is COc1cc(NCC2CCN(c3ccnc(-c4cccc(C(=O)O)c4)n3)CC2)cc(OCC2CC2)c1. The largest absolute Gasteiger partial charge is 0.497 e. The maximum Gasteiger partial charge on any atom is 0.335 e. The summed E-state index contributed by atoms with van der Waals surface area (Å²) in [5.41, 5.74) is 1.95. The lowest BCUT2D eigenvalue weighted by atomic mass is 9.96. The predicted octanol–water partition coefficient (Wildman–Crippen LogP) is 4.97. The highest BCUT2D eigenvalue weighted by atomic mass is 16.5. The minimum absolute atomic E-state index is 0.229. The lowest BCUT2D eigenvalue weighted by Crippen LogP contribution is -2.36. The molecule has 0 amide bonds. The van der Waals surface area contributed by atoms with Gasteiger partial charge < -0.3 is 24.8 Å². The second-order valence-electron chi connectivity index (χ2n) is 9.59. The average Bonchev–Trinajstić information content (AvgIpc) is 3.76. The average molecular weight is 489 g/mol. The van der Waals surface area contributed by atoms with Crippen LogP contribution in [0.4, 0.5) is 11.5 Å². The molecule has 2 N–H and O–H groups in total. The molecule has 1 aliphatic carbocycles. The highest BCUT2D eigenvalue weighted by Gasteiger charge is 2.23. The van der Waals surface area contributed by atoms with E-state index in [4.69, 9.17) is 14.5 Å². The quantitative estimate of drug-likeness (QED) is 0.413. The zero-order valence-electron chi connectivity index (χ0n) is 20.5. The summed E-state index contributed by atoms with van der Waals surface area (Å²) in [7, 11) is 1.68. The van der Waals surface area contributed by atoms with Gasteiger partial charge in [-0.15, -0.1) is 0 Å². The number of hydrogen-bond donors (Lipinski definition) is 2. The van der Waals surface area contributed by atoms with Crippen molar-refractivity contribution < 1.29 is 19.4 Å². The zero-order valence-corrected chi connectivity index (χ0v) is 20.5. The zero-order chi connectivity index (χ0) is 24.9. The molecule has 1 aromatic heterocycles. The van der Waals surface area contributed by atoms with Crippen LogP contribution in [0.25, 0.3) is 11.4 Å². The van der Waals surface area contributed by atoms with E-state index < -0.39 is 5.97 Å². The number of carbonyl (C=O) groups is 1. The number of ether oxygens (including phenoxy) is 2. The molecule has 2 aliphatic rings. The van der Waals surface area contributed by atoms with Gasteiger partial charge in [-0.05, 0) is 55.7 Å². The van der Waals surface area contributed by atoms with Gasteiger partial charge in [0.25, 0.3) is 0 Å². The molecule has 2 aromatic carbocycles. The number of benzene rings is 2. The van der Waals surface area contributed by atoms with Gasteiger partial charge in [0.05, 0.1) is 19.3 Å². The van der Waals surface area contributed by atoms with Crippen molar-refractivity contribution in [3.63, 3.8) is 0 Å². The molecule has 2 heterocycles.